The zero-order valence-corrected chi connectivity index (χ0v) is 14.5. The topological polar surface area (TPSA) is 30.9 Å². The minimum absolute atomic E-state index is 0.259. The number of ether oxygens (including phenoxy) is 3. The second kappa shape index (κ2) is 7.89. The fraction of sp³-hybridized carbons (Fsp3) is 0.429. The SMILES string of the molecule is c1ccc(COc2ccc3c(c2)O[C@@H](CN2CCOCC2)CC3)cc1. The van der Waals surface area contributed by atoms with Crippen LogP contribution in [0.4, 0.5) is 0 Å². The molecule has 2 aliphatic rings. The van der Waals surface area contributed by atoms with Crippen molar-refractivity contribution in [1.29, 1.82) is 0 Å². The van der Waals surface area contributed by atoms with Crippen LogP contribution in [0.1, 0.15) is 17.5 Å². The van der Waals surface area contributed by atoms with Crippen LogP contribution >= 0.6 is 0 Å². The van der Waals surface area contributed by atoms with E-state index in [0.29, 0.717) is 6.61 Å². The van der Waals surface area contributed by atoms with Gasteiger partial charge in [-0.2, -0.15) is 0 Å². The van der Waals surface area contributed by atoms with Crippen LogP contribution in [0.15, 0.2) is 48.5 Å². The fourth-order valence-corrected chi connectivity index (χ4v) is 3.44. The first-order valence-electron chi connectivity index (χ1n) is 9.13. The molecule has 0 amide bonds. The van der Waals surface area contributed by atoms with Crippen molar-refractivity contribution in [3.63, 3.8) is 0 Å². The van der Waals surface area contributed by atoms with Crippen LogP contribution in [0, 0.1) is 0 Å². The molecule has 4 rings (SSSR count). The maximum atomic E-state index is 6.26. The summed E-state index contributed by atoms with van der Waals surface area (Å²) < 4.78 is 17.6. The normalized spacial score (nSPS) is 20.6. The number of morpholine rings is 1. The van der Waals surface area contributed by atoms with Gasteiger partial charge in [0.2, 0.25) is 0 Å². The van der Waals surface area contributed by atoms with Gasteiger partial charge >= 0.3 is 0 Å². The lowest BCUT2D eigenvalue weighted by Crippen LogP contribution is -2.43. The lowest BCUT2D eigenvalue weighted by Gasteiger charge is -2.33. The van der Waals surface area contributed by atoms with Gasteiger partial charge in [0.15, 0.2) is 0 Å². The number of aryl methyl sites for hydroxylation is 1. The van der Waals surface area contributed by atoms with Crippen LogP contribution in [0.3, 0.4) is 0 Å². The van der Waals surface area contributed by atoms with E-state index < -0.39 is 0 Å². The minimum atomic E-state index is 0.259. The van der Waals surface area contributed by atoms with Crippen LogP contribution < -0.4 is 9.47 Å². The largest absolute Gasteiger partial charge is 0.489 e. The predicted octanol–water partition coefficient (Wildman–Crippen LogP) is 3.29. The van der Waals surface area contributed by atoms with Crippen LogP contribution in [-0.4, -0.2) is 43.9 Å². The maximum absolute atomic E-state index is 6.26. The predicted molar refractivity (Wildman–Crippen MR) is 97.2 cm³/mol. The van der Waals surface area contributed by atoms with Crippen molar-refractivity contribution >= 4 is 0 Å². The van der Waals surface area contributed by atoms with E-state index in [1.54, 1.807) is 0 Å². The van der Waals surface area contributed by atoms with Crippen molar-refractivity contribution in [3.05, 3.63) is 59.7 Å². The number of nitrogens with zero attached hydrogens (tertiary/aromatic N) is 1. The second-order valence-electron chi connectivity index (χ2n) is 6.74. The average Bonchev–Trinajstić information content (AvgIpc) is 2.68. The molecule has 1 atom stereocenters. The smallest absolute Gasteiger partial charge is 0.126 e. The Balaban J connectivity index is 1.37. The average molecular weight is 339 g/mol. The van der Waals surface area contributed by atoms with Crippen molar-refractivity contribution in [3.8, 4) is 11.5 Å². The van der Waals surface area contributed by atoms with Crippen molar-refractivity contribution in [2.24, 2.45) is 0 Å². The molecule has 0 aliphatic carbocycles. The molecule has 0 unspecified atom stereocenters. The third-order valence-electron chi connectivity index (χ3n) is 4.88. The molecule has 0 radical (unpaired) electrons. The zero-order chi connectivity index (χ0) is 16.9. The highest BCUT2D eigenvalue weighted by atomic mass is 16.5. The summed E-state index contributed by atoms with van der Waals surface area (Å²) in [6, 6.07) is 16.5. The molecule has 0 spiro atoms. The molecule has 25 heavy (non-hydrogen) atoms. The third kappa shape index (κ3) is 4.33. The van der Waals surface area contributed by atoms with Gasteiger partial charge < -0.3 is 14.2 Å². The summed E-state index contributed by atoms with van der Waals surface area (Å²) in [4.78, 5) is 2.44. The van der Waals surface area contributed by atoms with Crippen molar-refractivity contribution in [2.45, 2.75) is 25.6 Å². The van der Waals surface area contributed by atoms with Gasteiger partial charge in [0.05, 0.1) is 13.2 Å². The molecule has 1 fully saturated rings. The van der Waals surface area contributed by atoms with Gasteiger partial charge in [-0.3, -0.25) is 4.90 Å². The van der Waals surface area contributed by atoms with Crippen molar-refractivity contribution in [2.75, 3.05) is 32.8 Å². The molecular formula is C21H25NO3. The molecule has 0 aromatic heterocycles. The van der Waals surface area contributed by atoms with Gasteiger partial charge in [0.25, 0.3) is 0 Å². The van der Waals surface area contributed by atoms with Crippen LogP contribution in [0.2, 0.25) is 0 Å². The van der Waals surface area contributed by atoms with E-state index in [-0.39, 0.29) is 6.10 Å². The van der Waals surface area contributed by atoms with E-state index in [1.165, 1.54) is 11.1 Å². The summed E-state index contributed by atoms with van der Waals surface area (Å²) in [6.45, 7) is 5.25. The summed E-state index contributed by atoms with van der Waals surface area (Å²) in [5.74, 6) is 1.85. The molecule has 132 valence electrons. The van der Waals surface area contributed by atoms with E-state index in [2.05, 4.69) is 23.1 Å². The van der Waals surface area contributed by atoms with Crippen LogP contribution in [0.5, 0.6) is 11.5 Å². The Hall–Kier alpha value is -2.04. The quantitative estimate of drug-likeness (QED) is 0.836. The second-order valence-corrected chi connectivity index (χ2v) is 6.74. The summed E-state index contributed by atoms with van der Waals surface area (Å²) in [5.41, 5.74) is 2.46. The minimum Gasteiger partial charge on any atom is -0.489 e. The monoisotopic (exact) mass is 339 g/mol. The Morgan fingerprint density at radius 1 is 1.04 bits per heavy atom. The van der Waals surface area contributed by atoms with E-state index in [1.807, 2.05) is 30.3 Å². The van der Waals surface area contributed by atoms with Gasteiger partial charge in [0, 0.05) is 25.7 Å². The molecule has 2 aliphatic heterocycles. The number of benzene rings is 2. The van der Waals surface area contributed by atoms with E-state index >= 15 is 0 Å². The third-order valence-corrected chi connectivity index (χ3v) is 4.88. The standard InChI is InChI=1S/C21H25NO3/c1-2-4-17(5-3-1)16-24-19-8-6-18-7-9-20(25-21(18)14-19)15-22-10-12-23-13-11-22/h1-6,8,14,20H,7,9-13,15-16H2/t20-/m1/s1. The van der Waals surface area contributed by atoms with Crippen molar-refractivity contribution < 1.29 is 14.2 Å². The van der Waals surface area contributed by atoms with Crippen LogP contribution in [-0.2, 0) is 17.8 Å². The summed E-state index contributed by atoms with van der Waals surface area (Å²) in [6.07, 6.45) is 2.41. The van der Waals surface area contributed by atoms with Gasteiger partial charge in [-0.15, -0.1) is 0 Å². The Bertz CT molecular complexity index is 683. The molecular weight excluding hydrogens is 314 g/mol. The first-order valence-corrected chi connectivity index (χ1v) is 9.13. The molecule has 2 aromatic carbocycles. The van der Waals surface area contributed by atoms with E-state index in [0.717, 1.165) is 57.2 Å². The molecule has 0 N–H and O–H groups in total. The number of fused-ring (bicyclic) bond motifs is 1. The highest BCUT2D eigenvalue weighted by Gasteiger charge is 2.23. The summed E-state index contributed by atoms with van der Waals surface area (Å²) >= 11 is 0. The molecule has 1 saturated heterocycles. The van der Waals surface area contributed by atoms with Gasteiger partial charge in [-0.25, -0.2) is 0 Å². The Labute approximate surface area is 149 Å². The molecule has 4 heteroatoms. The van der Waals surface area contributed by atoms with Crippen LogP contribution in [0.25, 0.3) is 0 Å². The summed E-state index contributed by atoms with van der Waals surface area (Å²) in [5, 5.41) is 0. The molecule has 2 heterocycles. The Morgan fingerprint density at radius 2 is 1.88 bits per heavy atom. The zero-order valence-electron chi connectivity index (χ0n) is 14.5. The summed E-state index contributed by atoms with van der Waals surface area (Å²) in [7, 11) is 0. The molecule has 2 aromatic rings. The van der Waals surface area contributed by atoms with Crippen molar-refractivity contribution in [1.82, 2.24) is 4.90 Å². The van der Waals surface area contributed by atoms with E-state index in [4.69, 9.17) is 14.2 Å². The maximum Gasteiger partial charge on any atom is 0.126 e. The van der Waals surface area contributed by atoms with Gasteiger partial charge in [0.1, 0.15) is 24.2 Å². The Kier molecular flexibility index (Phi) is 5.19. The number of rotatable bonds is 5. The Morgan fingerprint density at radius 3 is 2.72 bits per heavy atom. The fourth-order valence-electron chi connectivity index (χ4n) is 3.44. The number of hydrogen-bond acceptors (Lipinski definition) is 4. The highest BCUT2D eigenvalue weighted by Crippen LogP contribution is 2.32. The first-order chi connectivity index (χ1) is 12.4. The molecule has 4 nitrogen and oxygen atoms in total. The lowest BCUT2D eigenvalue weighted by molar-refractivity contribution is 0.0159. The van der Waals surface area contributed by atoms with Gasteiger partial charge in [-0.05, 0) is 30.0 Å². The molecule has 0 bridgehead atoms. The van der Waals surface area contributed by atoms with E-state index in [9.17, 15) is 0 Å². The highest BCUT2D eigenvalue weighted by molar-refractivity contribution is 5.42. The first kappa shape index (κ1) is 16.4. The lowest BCUT2D eigenvalue weighted by atomic mass is 10.0. The number of hydrogen-bond donors (Lipinski definition) is 0. The van der Waals surface area contributed by atoms with Gasteiger partial charge in [-0.1, -0.05) is 36.4 Å². The molecule has 0 saturated carbocycles.